The minimum atomic E-state index is 0.253. The smallest absolute Gasteiger partial charge is 0.229 e. The van der Waals surface area contributed by atoms with E-state index >= 15 is 0 Å². The number of rotatable bonds is 4. The quantitative estimate of drug-likeness (QED) is 0.386. The SMILES string of the molecule is Cc1noc(C2CCN(c3nc(-c4ccccc4)nc4nc(-c5ccccc5)oc34)CC2)n1. The van der Waals surface area contributed by atoms with Gasteiger partial charge in [0.05, 0.1) is 0 Å². The van der Waals surface area contributed by atoms with E-state index in [1.807, 2.05) is 67.6 Å². The van der Waals surface area contributed by atoms with Crippen LogP contribution in [-0.4, -0.2) is 38.2 Å². The van der Waals surface area contributed by atoms with Gasteiger partial charge in [0, 0.05) is 30.1 Å². The molecule has 0 radical (unpaired) electrons. The molecular weight excluding hydrogens is 416 g/mol. The highest BCUT2D eigenvalue weighted by molar-refractivity contribution is 5.85. The van der Waals surface area contributed by atoms with Crippen molar-refractivity contribution in [3.63, 3.8) is 0 Å². The molecule has 164 valence electrons. The molecule has 0 saturated carbocycles. The molecule has 0 atom stereocenters. The van der Waals surface area contributed by atoms with Gasteiger partial charge in [-0.15, -0.1) is 0 Å². The van der Waals surface area contributed by atoms with Crippen LogP contribution < -0.4 is 4.90 Å². The van der Waals surface area contributed by atoms with Crippen LogP contribution in [0.15, 0.2) is 69.6 Å². The average Bonchev–Trinajstić information content (AvgIpc) is 3.51. The van der Waals surface area contributed by atoms with Crippen molar-refractivity contribution in [3.05, 3.63) is 72.4 Å². The molecule has 1 aliphatic rings. The molecule has 0 spiro atoms. The third-order valence-corrected chi connectivity index (χ3v) is 5.98. The summed E-state index contributed by atoms with van der Waals surface area (Å²) < 4.78 is 11.6. The van der Waals surface area contributed by atoms with Gasteiger partial charge in [-0.05, 0) is 31.9 Å². The van der Waals surface area contributed by atoms with Gasteiger partial charge in [0.1, 0.15) is 0 Å². The van der Waals surface area contributed by atoms with Gasteiger partial charge in [0.25, 0.3) is 0 Å². The fourth-order valence-electron chi connectivity index (χ4n) is 4.26. The first-order chi connectivity index (χ1) is 16.2. The molecule has 5 aromatic rings. The van der Waals surface area contributed by atoms with Crippen molar-refractivity contribution in [1.82, 2.24) is 25.1 Å². The standard InChI is InChI=1S/C25H22N6O2/c1-16-26-25(33-30-16)19-12-14-31(15-13-19)23-20-22(27-21(28-23)17-8-4-2-5-9-17)29-24(32-20)18-10-6-3-7-11-18/h2-11,19H,12-15H2,1H3. The Labute approximate surface area is 190 Å². The number of aryl methyl sites for hydroxylation is 1. The summed E-state index contributed by atoms with van der Waals surface area (Å²) in [5.41, 5.74) is 3.03. The van der Waals surface area contributed by atoms with Crippen molar-refractivity contribution < 1.29 is 8.94 Å². The molecular formula is C25H22N6O2. The highest BCUT2D eigenvalue weighted by Gasteiger charge is 2.28. The van der Waals surface area contributed by atoms with E-state index in [9.17, 15) is 0 Å². The Morgan fingerprint density at radius 2 is 1.52 bits per heavy atom. The number of benzene rings is 2. The normalized spacial score (nSPS) is 14.8. The monoisotopic (exact) mass is 438 g/mol. The molecule has 2 aromatic carbocycles. The number of hydrogen-bond donors (Lipinski definition) is 0. The zero-order valence-electron chi connectivity index (χ0n) is 18.2. The lowest BCUT2D eigenvalue weighted by atomic mass is 9.97. The molecule has 4 heterocycles. The van der Waals surface area contributed by atoms with Crippen molar-refractivity contribution in [1.29, 1.82) is 0 Å². The highest BCUT2D eigenvalue weighted by Crippen LogP contribution is 2.35. The van der Waals surface area contributed by atoms with Crippen LogP contribution in [0.4, 0.5) is 5.82 Å². The van der Waals surface area contributed by atoms with E-state index in [-0.39, 0.29) is 5.92 Å². The van der Waals surface area contributed by atoms with Gasteiger partial charge in [-0.1, -0.05) is 53.7 Å². The van der Waals surface area contributed by atoms with Gasteiger partial charge >= 0.3 is 0 Å². The van der Waals surface area contributed by atoms with Gasteiger partial charge in [-0.25, -0.2) is 9.97 Å². The first-order valence-electron chi connectivity index (χ1n) is 11.1. The molecule has 6 rings (SSSR count). The summed E-state index contributed by atoms with van der Waals surface area (Å²) in [6.07, 6.45) is 1.79. The lowest BCUT2D eigenvalue weighted by Gasteiger charge is -2.31. The predicted octanol–water partition coefficient (Wildman–Crippen LogP) is 5.03. The first kappa shape index (κ1) is 19.6. The second-order valence-electron chi connectivity index (χ2n) is 8.22. The Morgan fingerprint density at radius 3 is 2.18 bits per heavy atom. The third-order valence-electron chi connectivity index (χ3n) is 5.98. The van der Waals surface area contributed by atoms with E-state index in [1.54, 1.807) is 0 Å². The average molecular weight is 438 g/mol. The van der Waals surface area contributed by atoms with Crippen molar-refractivity contribution >= 4 is 17.0 Å². The van der Waals surface area contributed by atoms with E-state index in [2.05, 4.69) is 15.0 Å². The molecule has 0 aliphatic carbocycles. The fraction of sp³-hybridized carbons (Fsp3) is 0.240. The molecule has 0 N–H and O–H groups in total. The summed E-state index contributed by atoms with van der Waals surface area (Å²) in [5.74, 6) is 3.60. The summed E-state index contributed by atoms with van der Waals surface area (Å²) in [5, 5.41) is 3.94. The number of aromatic nitrogens is 5. The second kappa shape index (κ2) is 8.12. The minimum Gasteiger partial charge on any atom is -0.430 e. The van der Waals surface area contributed by atoms with Crippen LogP contribution in [0.5, 0.6) is 0 Å². The van der Waals surface area contributed by atoms with Gasteiger partial charge in [0.2, 0.25) is 23.0 Å². The van der Waals surface area contributed by atoms with E-state index in [0.29, 0.717) is 28.8 Å². The molecule has 33 heavy (non-hydrogen) atoms. The maximum atomic E-state index is 6.23. The van der Waals surface area contributed by atoms with Gasteiger partial charge < -0.3 is 13.8 Å². The van der Waals surface area contributed by atoms with Crippen LogP contribution in [-0.2, 0) is 0 Å². The molecule has 8 heteroatoms. The molecule has 1 fully saturated rings. The van der Waals surface area contributed by atoms with E-state index in [4.69, 9.17) is 23.9 Å². The van der Waals surface area contributed by atoms with E-state index in [0.717, 1.165) is 48.8 Å². The predicted molar refractivity (Wildman–Crippen MR) is 124 cm³/mol. The summed E-state index contributed by atoms with van der Waals surface area (Å²) in [4.78, 5) is 21.1. The maximum Gasteiger partial charge on any atom is 0.229 e. The molecule has 0 unspecified atom stereocenters. The molecule has 8 nitrogen and oxygen atoms in total. The summed E-state index contributed by atoms with van der Waals surface area (Å²) in [6.45, 7) is 3.45. The van der Waals surface area contributed by atoms with Crippen molar-refractivity contribution in [2.45, 2.75) is 25.7 Å². The van der Waals surface area contributed by atoms with Crippen LogP contribution in [0.3, 0.4) is 0 Å². The van der Waals surface area contributed by atoms with Crippen LogP contribution in [0.2, 0.25) is 0 Å². The minimum absolute atomic E-state index is 0.253. The molecule has 1 saturated heterocycles. The van der Waals surface area contributed by atoms with Crippen LogP contribution in [0, 0.1) is 6.92 Å². The van der Waals surface area contributed by atoms with Gasteiger partial charge in [-0.3, -0.25) is 0 Å². The number of anilines is 1. The summed E-state index contributed by atoms with van der Waals surface area (Å²) in [7, 11) is 0. The van der Waals surface area contributed by atoms with Crippen molar-refractivity contribution in [2.24, 2.45) is 0 Å². The Morgan fingerprint density at radius 1 is 0.818 bits per heavy atom. The molecule has 0 bridgehead atoms. The zero-order chi connectivity index (χ0) is 22.2. The Hall–Kier alpha value is -4.07. The number of oxazole rings is 1. The second-order valence-corrected chi connectivity index (χ2v) is 8.22. The van der Waals surface area contributed by atoms with E-state index in [1.165, 1.54) is 0 Å². The molecule has 1 aliphatic heterocycles. The molecule has 3 aromatic heterocycles. The molecule has 0 amide bonds. The number of nitrogens with zero attached hydrogens (tertiary/aromatic N) is 6. The highest BCUT2D eigenvalue weighted by atomic mass is 16.5. The topological polar surface area (TPSA) is 94.0 Å². The Kier molecular flexibility index (Phi) is 4.83. The Balaban J connectivity index is 1.39. The first-order valence-corrected chi connectivity index (χ1v) is 11.1. The van der Waals surface area contributed by atoms with Gasteiger partial charge in [0.15, 0.2) is 17.5 Å². The van der Waals surface area contributed by atoms with Crippen LogP contribution in [0.1, 0.15) is 30.5 Å². The lowest BCUT2D eigenvalue weighted by Crippen LogP contribution is -2.33. The van der Waals surface area contributed by atoms with Gasteiger partial charge in [-0.2, -0.15) is 9.97 Å². The van der Waals surface area contributed by atoms with Crippen LogP contribution >= 0.6 is 0 Å². The summed E-state index contributed by atoms with van der Waals surface area (Å²) >= 11 is 0. The number of piperidine rings is 1. The van der Waals surface area contributed by atoms with Crippen LogP contribution in [0.25, 0.3) is 34.1 Å². The Bertz CT molecular complexity index is 1390. The van der Waals surface area contributed by atoms with E-state index < -0.39 is 0 Å². The number of hydrogen-bond acceptors (Lipinski definition) is 8. The third kappa shape index (κ3) is 3.73. The summed E-state index contributed by atoms with van der Waals surface area (Å²) in [6, 6.07) is 19.8. The fourth-order valence-corrected chi connectivity index (χ4v) is 4.26. The largest absolute Gasteiger partial charge is 0.430 e. The zero-order valence-corrected chi connectivity index (χ0v) is 18.2. The maximum absolute atomic E-state index is 6.23. The van der Waals surface area contributed by atoms with Crippen molar-refractivity contribution in [2.75, 3.05) is 18.0 Å². The van der Waals surface area contributed by atoms with Crippen molar-refractivity contribution in [3.8, 4) is 22.8 Å². The number of fused-ring (bicyclic) bond motifs is 1. The lowest BCUT2D eigenvalue weighted by molar-refractivity contribution is 0.327.